The Labute approximate surface area is 179 Å². The van der Waals surface area contributed by atoms with Gasteiger partial charge < -0.3 is 14.9 Å². The summed E-state index contributed by atoms with van der Waals surface area (Å²) in [5.41, 5.74) is 3.27. The van der Waals surface area contributed by atoms with Gasteiger partial charge in [-0.15, -0.1) is 22.0 Å². The van der Waals surface area contributed by atoms with Crippen molar-refractivity contribution in [3.05, 3.63) is 41.9 Å². The molecule has 0 aliphatic heterocycles. The van der Waals surface area contributed by atoms with Crippen LogP contribution in [-0.2, 0) is 19.4 Å². The number of aromatic nitrogens is 2. The number of hydrogen-bond acceptors (Lipinski definition) is 10. The third-order valence-electron chi connectivity index (χ3n) is 3.49. The number of ether oxygens (including phenoxy) is 1. The van der Waals surface area contributed by atoms with Gasteiger partial charge >= 0.3 is 12.1 Å². The summed E-state index contributed by atoms with van der Waals surface area (Å²) in [7, 11) is -3.52. The summed E-state index contributed by atoms with van der Waals surface area (Å²) >= 11 is 1.22. The molecular formula is C17H17F3N4O5S2. The van der Waals surface area contributed by atoms with Gasteiger partial charge in [-0.1, -0.05) is 6.07 Å². The maximum absolute atomic E-state index is 12.9. The van der Waals surface area contributed by atoms with Crippen LogP contribution >= 0.6 is 11.8 Å². The zero-order valence-corrected chi connectivity index (χ0v) is 17.8. The van der Waals surface area contributed by atoms with E-state index in [4.69, 9.17) is 14.9 Å². The molecule has 0 atom stereocenters. The highest BCUT2D eigenvalue weighted by molar-refractivity contribution is 7.98. The van der Waals surface area contributed by atoms with E-state index >= 15 is 0 Å². The van der Waals surface area contributed by atoms with Crippen molar-refractivity contribution in [3.63, 3.8) is 0 Å². The highest BCUT2D eigenvalue weighted by Gasteiger charge is 2.32. The van der Waals surface area contributed by atoms with Crippen molar-refractivity contribution in [2.45, 2.75) is 11.1 Å². The molecule has 2 N–H and O–H groups in total. The Morgan fingerprint density at radius 3 is 2.68 bits per heavy atom. The number of carbonyl (C=O) groups excluding carboxylic acids is 1. The van der Waals surface area contributed by atoms with Crippen molar-refractivity contribution in [2.75, 3.05) is 25.0 Å². The SMILES string of the molecule is CSCOC(=O)CN=C(C=C(N)C(F)(F)F)c1nnc(-c2cccc(S(C)(=O)=O)c2)o1. The van der Waals surface area contributed by atoms with Crippen LogP contribution in [0.2, 0.25) is 0 Å². The number of aliphatic imine (C=N–C) groups is 1. The van der Waals surface area contributed by atoms with E-state index in [1.54, 1.807) is 6.26 Å². The van der Waals surface area contributed by atoms with Crippen molar-refractivity contribution in [3.8, 4) is 11.5 Å². The molecular weight excluding hydrogens is 461 g/mol. The predicted octanol–water partition coefficient (Wildman–Crippen LogP) is 2.20. The first kappa shape index (κ1) is 24.4. The van der Waals surface area contributed by atoms with Crippen LogP contribution in [0, 0.1) is 0 Å². The number of hydrogen-bond donors (Lipinski definition) is 1. The molecule has 1 aromatic carbocycles. The van der Waals surface area contributed by atoms with E-state index in [0.717, 1.165) is 6.26 Å². The van der Waals surface area contributed by atoms with Gasteiger partial charge in [-0.3, -0.25) is 9.79 Å². The Kier molecular flexibility index (Phi) is 7.84. The fourth-order valence-electron chi connectivity index (χ4n) is 2.03. The van der Waals surface area contributed by atoms with Gasteiger partial charge in [-0.25, -0.2) is 8.42 Å². The van der Waals surface area contributed by atoms with E-state index in [9.17, 15) is 26.4 Å². The van der Waals surface area contributed by atoms with Crippen molar-refractivity contribution in [1.82, 2.24) is 10.2 Å². The van der Waals surface area contributed by atoms with E-state index in [2.05, 4.69) is 15.2 Å². The van der Waals surface area contributed by atoms with Crippen LogP contribution in [-0.4, -0.2) is 61.5 Å². The van der Waals surface area contributed by atoms with E-state index in [1.165, 1.54) is 36.0 Å². The monoisotopic (exact) mass is 478 g/mol. The zero-order valence-electron chi connectivity index (χ0n) is 16.2. The van der Waals surface area contributed by atoms with Gasteiger partial charge in [0.05, 0.1) is 4.90 Å². The summed E-state index contributed by atoms with van der Waals surface area (Å²) in [6, 6.07) is 5.54. The smallest absolute Gasteiger partial charge is 0.430 e. The number of halogens is 3. The lowest BCUT2D eigenvalue weighted by Gasteiger charge is -2.06. The fourth-order valence-corrected chi connectivity index (χ4v) is 2.94. The Morgan fingerprint density at radius 1 is 1.35 bits per heavy atom. The highest BCUT2D eigenvalue weighted by Crippen LogP contribution is 2.24. The lowest BCUT2D eigenvalue weighted by Crippen LogP contribution is -2.21. The van der Waals surface area contributed by atoms with Crippen LogP contribution < -0.4 is 5.73 Å². The second kappa shape index (κ2) is 9.96. The first-order chi connectivity index (χ1) is 14.4. The second-order valence-electron chi connectivity index (χ2n) is 5.93. The summed E-state index contributed by atoms with van der Waals surface area (Å²) < 4.78 is 72.1. The predicted molar refractivity (Wildman–Crippen MR) is 107 cm³/mol. The van der Waals surface area contributed by atoms with Gasteiger partial charge in [-0.05, 0) is 30.5 Å². The Balaban J connectivity index is 2.42. The maximum Gasteiger partial charge on any atom is 0.430 e. The topological polar surface area (TPSA) is 138 Å². The minimum atomic E-state index is -4.85. The summed E-state index contributed by atoms with van der Waals surface area (Å²) in [5, 5.41) is 7.35. The molecule has 0 unspecified atom stereocenters. The normalized spacial score (nSPS) is 13.3. The summed E-state index contributed by atoms with van der Waals surface area (Å²) in [6.45, 7) is -0.612. The molecule has 2 rings (SSSR count). The lowest BCUT2D eigenvalue weighted by atomic mass is 10.2. The molecule has 9 nitrogen and oxygen atoms in total. The summed E-state index contributed by atoms with van der Waals surface area (Å²) in [5.74, 6) is -1.36. The number of rotatable bonds is 8. The Morgan fingerprint density at radius 2 is 2.06 bits per heavy atom. The molecule has 0 saturated heterocycles. The molecule has 0 fully saturated rings. The van der Waals surface area contributed by atoms with Gasteiger partial charge in [0.15, 0.2) is 9.84 Å². The van der Waals surface area contributed by atoms with Gasteiger partial charge in [0.2, 0.25) is 5.89 Å². The molecule has 31 heavy (non-hydrogen) atoms. The molecule has 0 spiro atoms. The number of nitrogens with two attached hydrogens (primary N) is 1. The van der Waals surface area contributed by atoms with Crippen LogP contribution in [0.5, 0.6) is 0 Å². The van der Waals surface area contributed by atoms with Crippen LogP contribution in [0.15, 0.2) is 50.3 Å². The molecule has 168 valence electrons. The van der Waals surface area contributed by atoms with Crippen LogP contribution in [0.25, 0.3) is 11.5 Å². The molecule has 0 bridgehead atoms. The van der Waals surface area contributed by atoms with Gasteiger partial charge in [-0.2, -0.15) is 13.2 Å². The number of alkyl halides is 3. The number of carbonyl (C=O) groups is 1. The molecule has 0 aliphatic rings. The van der Waals surface area contributed by atoms with Crippen molar-refractivity contribution in [1.29, 1.82) is 0 Å². The first-order valence-corrected chi connectivity index (χ1v) is 11.6. The molecule has 0 saturated carbocycles. The zero-order chi connectivity index (χ0) is 23.2. The standard InChI is InChI=1S/C17H17F3N4O5S2/c1-30-9-28-14(25)8-22-12(7-13(21)17(18,19)20)16-24-23-15(29-16)10-4-3-5-11(6-10)31(2,26)27/h3-7H,8-9,21H2,1-2H3. The van der Waals surface area contributed by atoms with Crippen LogP contribution in [0.4, 0.5) is 13.2 Å². The van der Waals surface area contributed by atoms with E-state index < -0.39 is 45.8 Å². The molecule has 1 aromatic heterocycles. The fraction of sp³-hybridized carbons (Fsp3) is 0.294. The quantitative estimate of drug-likeness (QED) is 0.344. The molecule has 0 radical (unpaired) electrons. The van der Waals surface area contributed by atoms with Crippen LogP contribution in [0.1, 0.15) is 5.89 Å². The van der Waals surface area contributed by atoms with Gasteiger partial charge in [0.1, 0.15) is 23.9 Å². The first-order valence-electron chi connectivity index (χ1n) is 8.29. The number of esters is 1. The molecule has 0 amide bonds. The average molecular weight is 478 g/mol. The largest absolute Gasteiger partial charge is 0.453 e. The van der Waals surface area contributed by atoms with Crippen molar-refractivity contribution in [2.24, 2.45) is 10.7 Å². The highest BCUT2D eigenvalue weighted by atomic mass is 32.2. The van der Waals surface area contributed by atoms with E-state index in [1.807, 2.05) is 0 Å². The third kappa shape index (κ3) is 7.10. The Bertz CT molecular complexity index is 1110. The number of allylic oxidation sites excluding steroid dienone is 2. The van der Waals surface area contributed by atoms with Crippen LogP contribution in [0.3, 0.4) is 0 Å². The number of nitrogens with zero attached hydrogens (tertiary/aromatic N) is 3. The minimum absolute atomic E-state index is 0.0172. The van der Waals surface area contributed by atoms with Gasteiger partial charge in [0, 0.05) is 11.8 Å². The Hall–Kier alpha value is -2.87. The summed E-state index contributed by atoms with van der Waals surface area (Å²) in [4.78, 5) is 15.4. The number of thioether (sulfide) groups is 1. The summed E-state index contributed by atoms with van der Waals surface area (Å²) in [6.07, 6.45) is -1.71. The second-order valence-corrected chi connectivity index (χ2v) is 8.76. The molecule has 0 aliphatic carbocycles. The van der Waals surface area contributed by atoms with Gasteiger partial charge in [0.25, 0.3) is 5.89 Å². The molecule has 2 aromatic rings. The minimum Gasteiger partial charge on any atom is -0.453 e. The van der Waals surface area contributed by atoms with Crippen molar-refractivity contribution < 1.29 is 35.5 Å². The molecule has 1 heterocycles. The van der Waals surface area contributed by atoms with E-state index in [-0.39, 0.29) is 22.3 Å². The number of sulfone groups is 1. The maximum atomic E-state index is 12.9. The lowest BCUT2D eigenvalue weighted by molar-refractivity contribution is -0.139. The van der Waals surface area contributed by atoms with E-state index in [0.29, 0.717) is 6.08 Å². The third-order valence-corrected chi connectivity index (χ3v) is 4.95. The van der Waals surface area contributed by atoms with Crippen molar-refractivity contribution >= 4 is 33.3 Å². The molecule has 14 heteroatoms. The number of benzene rings is 1. The average Bonchev–Trinajstić information content (AvgIpc) is 3.18.